The molecular weight excluding hydrogens is 501 g/mol. The van der Waals surface area contributed by atoms with E-state index in [-0.39, 0.29) is 29.9 Å². The Morgan fingerprint density at radius 3 is 2.65 bits per heavy atom. The van der Waals surface area contributed by atoms with Crippen molar-refractivity contribution < 1.29 is 4.79 Å². The molecule has 6 nitrogen and oxygen atoms in total. The van der Waals surface area contributed by atoms with Crippen LogP contribution >= 0.6 is 24.0 Å². The van der Waals surface area contributed by atoms with Crippen LogP contribution in [0.1, 0.15) is 38.7 Å². The maximum absolute atomic E-state index is 12.4. The van der Waals surface area contributed by atoms with Crippen LogP contribution in [-0.4, -0.2) is 74.0 Å². The van der Waals surface area contributed by atoms with Gasteiger partial charge in [0, 0.05) is 51.6 Å². The van der Waals surface area contributed by atoms with Gasteiger partial charge in [-0.3, -0.25) is 9.79 Å². The van der Waals surface area contributed by atoms with Crippen molar-refractivity contribution in [1.82, 2.24) is 20.4 Å². The summed E-state index contributed by atoms with van der Waals surface area (Å²) in [6, 6.07) is 10.4. The molecule has 2 atom stereocenters. The molecule has 1 amide bonds. The Kier molecular flexibility index (Phi) is 11.6. The standard InChI is InChI=1S/C24H39N5O.HI/c1-3-25-24(26-16-20(2)18-28-12-7-8-13-28)27-17-22-15-23(30)29(19-22)14-11-21-9-5-4-6-10-21;/h4-6,9-10,20,22H,3,7-8,11-19H2,1-2H3,(H2,25,26,27);1H. The van der Waals surface area contributed by atoms with Gasteiger partial charge in [0.2, 0.25) is 5.91 Å². The zero-order valence-electron chi connectivity index (χ0n) is 19.2. The molecule has 2 unspecified atom stereocenters. The number of halogens is 1. The highest BCUT2D eigenvalue weighted by molar-refractivity contribution is 14.0. The van der Waals surface area contributed by atoms with E-state index in [1.165, 1.54) is 31.5 Å². The van der Waals surface area contributed by atoms with Crippen LogP contribution in [0.5, 0.6) is 0 Å². The molecule has 31 heavy (non-hydrogen) atoms. The monoisotopic (exact) mass is 541 g/mol. The number of likely N-dealkylation sites (tertiary alicyclic amines) is 2. The lowest BCUT2D eigenvalue weighted by molar-refractivity contribution is -0.127. The smallest absolute Gasteiger partial charge is 0.223 e. The predicted octanol–water partition coefficient (Wildman–Crippen LogP) is 2.98. The summed E-state index contributed by atoms with van der Waals surface area (Å²) >= 11 is 0. The number of carbonyl (C=O) groups is 1. The molecule has 174 valence electrons. The maximum atomic E-state index is 12.4. The molecule has 0 radical (unpaired) electrons. The summed E-state index contributed by atoms with van der Waals surface area (Å²) in [5.41, 5.74) is 1.29. The molecule has 0 spiro atoms. The first-order chi connectivity index (χ1) is 14.6. The average molecular weight is 542 g/mol. The third-order valence-corrected chi connectivity index (χ3v) is 6.04. The SMILES string of the molecule is CCNC(=NCC(C)CN1CCCC1)NCC1CC(=O)N(CCc2ccccc2)C1.I. The summed E-state index contributed by atoms with van der Waals surface area (Å²) in [5.74, 6) is 2.05. The quantitative estimate of drug-likeness (QED) is 0.272. The Hall–Kier alpha value is -1.35. The largest absolute Gasteiger partial charge is 0.357 e. The van der Waals surface area contributed by atoms with Crippen LogP contribution in [0.4, 0.5) is 0 Å². The summed E-state index contributed by atoms with van der Waals surface area (Å²) in [6.45, 7) is 12.1. The van der Waals surface area contributed by atoms with Gasteiger partial charge in [-0.05, 0) is 50.8 Å². The molecule has 0 saturated carbocycles. The molecule has 3 rings (SSSR count). The number of aliphatic imine (C=N–C) groups is 1. The van der Waals surface area contributed by atoms with Crippen LogP contribution in [0.3, 0.4) is 0 Å². The number of guanidine groups is 1. The molecular formula is C24H40IN5O. The van der Waals surface area contributed by atoms with Gasteiger partial charge >= 0.3 is 0 Å². The number of benzene rings is 1. The van der Waals surface area contributed by atoms with Gasteiger partial charge in [0.05, 0.1) is 0 Å². The Labute approximate surface area is 205 Å². The minimum Gasteiger partial charge on any atom is -0.357 e. The summed E-state index contributed by atoms with van der Waals surface area (Å²) in [4.78, 5) is 21.8. The van der Waals surface area contributed by atoms with Gasteiger partial charge < -0.3 is 20.4 Å². The van der Waals surface area contributed by atoms with E-state index >= 15 is 0 Å². The summed E-state index contributed by atoms with van der Waals surface area (Å²) in [5, 5.41) is 6.82. The molecule has 2 saturated heterocycles. The average Bonchev–Trinajstić information content (AvgIpc) is 3.38. The number of amides is 1. The van der Waals surface area contributed by atoms with Crippen molar-refractivity contribution in [3.63, 3.8) is 0 Å². The van der Waals surface area contributed by atoms with Crippen molar-refractivity contribution in [3.8, 4) is 0 Å². The third kappa shape index (κ3) is 8.96. The first-order valence-electron chi connectivity index (χ1n) is 11.7. The zero-order valence-corrected chi connectivity index (χ0v) is 21.5. The van der Waals surface area contributed by atoms with Crippen LogP contribution in [0.2, 0.25) is 0 Å². The third-order valence-electron chi connectivity index (χ3n) is 6.04. The lowest BCUT2D eigenvalue weighted by Gasteiger charge is -2.20. The Morgan fingerprint density at radius 1 is 1.19 bits per heavy atom. The second kappa shape index (κ2) is 13.9. The van der Waals surface area contributed by atoms with E-state index in [1.54, 1.807) is 0 Å². The van der Waals surface area contributed by atoms with Crippen molar-refractivity contribution in [2.24, 2.45) is 16.8 Å². The summed E-state index contributed by atoms with van der Waals surface area (Å²) in [7, 11) is 0. The number of carbonyl (C=O) groups excluding carboxylic acids is 1. The summed E-state index contributed by atoms with van der Waals surface area (Å²) < 4.78 is 0. The highest BCUT2D eigenvalue weighted by Crippen LogP contribution is 2.17. The van der Waals surface area contributed by atoms with E-state index in [4.69, 9.17) is 4.99 Å². The zero-order chi connectivity index (χ0) is 21.2. The molecule has 0 bridgehead atoms. The van der Waals surface area contributed by atoms with E-state index in [0.29, 0.717) is 18.3 Å². The molecule has 1 aromatic rings. The van der Waals surface area contributed by atoms with Crippen molar-refractivity contribution in [2.45, 2.75) is 39.5 Å². The number of hydrogen-bond acceptors (Lipinski definition) is 3. The molecule has 2 aliphatic rings. The number of hydrogen-bond donors (Lipinski definition) is 2. The van der Waals surface area contributed by atoms with E-state index in [2.05, 4.69) is 53.6 Å². The van der Waals surface area contributed by atoms with Gasteiger partial charge in [-0.2, -0.15) is 0 Å². The van der Waals surface area contributed by atoms with Crippen LogP contribution in [0, 0.1) is 11.8 Å². The molecule has 7 heteroatoms. The number of nitrogens with zero attached hydrogens (tertiary/aromatic N) is 3. The van der Waals surface area contributed by atoms with Gasteiger partial charge in [-0.1, -0.05) is 37.3 Å². The highest BCUT2D eigenvalue weighted by Gasteiger charge is 2.29. The highest BCUT2D eigenvalue weighted by atomic mass is 127. The fourth-order valence-corrected chi connectivity index (χ4v) is 4.41. The lowest BCUT2D eigenvalue weighted by Crippen LogP contribution is -2.41. The maximum Gasteiger partial charge on any atom is 0.223 e. The van der Waals surface area contributed by atoms with Crippen molar-refractivity contribution in [1.29, 1.82) is 0 Å². The van der Waals surface area contributed by atoms with Gasteiger partial charge in [0.25, 0.3) is 0 Å². The first-order valence-corrected chi connectivity index (χ1v) is 11.7. The van der Waals surface area contributed by atoms with Crippen LogP contribution in [-0.2, 0) is 11.2 Å². The van der Waals surface area contributed by atoms with Crippen molar-refractivity contribution >= 4 is 35.8 Å². The molecule has 2 heterocycles. The molecule has 2 aliphatic heterocycles. The van der Waals surface area contributed by atoms with Crippen LogP contribution in [0.15, 0.2) is 35.3 Å². The summed E-state index contributed by atoms with van der Waals surface area (Å²) in [6.07, 6.45) is 4.23. The minimum absolute atomic E-state index is 0. The lowest BCUT2D eigenvalue weighted by atomic mass is 10.1. The van der Waals surface area contributed by atoms with E-state index in [0.717, 1.165) is 51.6 Å². The number of nitrogens with one attached hydrogen (secondary N) is 2. The van der Waals surface area contributed by atoms with Gasteiger partial charge in [-0.25, -0.2) is 0 Å². The van der Waals surface area contributed by atoms with E-state index < -0.39 is 0 Å². The molecule has 1 aromatic carbocycles. The fourth-order valence-electron chi connectivity index (χ4n) is 4.41. The van der Waals surface area contributed by atoms with Crippen LogP contribution < -0.4 is 10.6 Å². The Balaban J connectivity index is 0.00000341. The van der Waals surface area contributed by atoms with Crippen LogP contribution in [0.25, 0.3) is 0 Å². The van der Waals surface area contributed by atoms with Gasteiger partial charge in [0.15, 0.2) is 5.96 Å². The Morgan fingerprint density at radius 2 is 1.94 bits per heavy atom. The predicted molar refractivity (Wildman–Crippen MR) is 139 cm³/mol. The topological polar surface area (TPSA) is 60.0 Å². The molecule has 2 N–H and O–H groups in total. The van der Waals surface area contributed by atoms with Gasteiger partial charge in [-0.15, -0.1) is 24.0 Å². The molecule has 0 aromatic heterocycles. The fraction of sp³-hybridized carbons (Fsp3) is 0.667. The first kappa shape index (κ1) is 25.9. The van der Waals surface area contributed by atoms with Gasteiger partial charge in [0.1, 0.15) is 0 Å². The van der Waals surface area contributed by atoms with E-state index in [1.807, 2.05) is 11.0 Å². The number of rotatable bonds is 10. The van der Waals surface area contributed by atoms with Crippen molar-refractivity contribution in [2.75, 3.05) is 52.4 Å². The Bertz CT molecular complexity index is 678. The minimum atomic E-state index is 0. The second-order valence-corrected chi connectivity index (χ2v) is 8.86. The van der Waals surface area contributed by atoms with Crippen molar-refractivity contribution in [3.05, 3.63) is 35.9 Å². The molecule has 2 fully saturated rings. The molecule has 0 aliphatic carbocycles. The van der Waals surface area contributed by atoms with E-state index in [9.17, 15) is 4.79 Å². The normalized spacial score (nSPS) is 20.6. The second-order valence-electron chi connectivity index (χ2n) is 8.86.